The number of nitrogens with one attached hydrogen (secondary N) is 1. The minimum Gasteiger partial charge on any atom is -0.312 e. The van der Waals surface area contributed by atoms with Gasteiger partial charge in [-0.25, -0.2) is 17.2 Å². The highest BCUT2D eigenvalue weighted by atomic mass is 32.2. The molecule has 1 aliphatic heterocycles. The van der Waals surface area contributed by atoms with Gasteiger partial charge in [0, 0.05) is 24.7 Å². The van der Waals surface area contributed by atoms with Gasteiger partial charge in [0.25, 0.3) is 10.0 Å². The summed E-state index contributed by atoms with van der Waals surface area (Å²) in [6.07, 6.45) is 1.04. The minimum absolute atomic E-state index is 0.0500. The van der Waals surface area contributed by atoms with Crippen molar-refractivity contribution in [2.45, 2.75) is 24.7 Å². The molecule has 8 heteroatoms. The van der Waals surface area contributed by atoms with E-state index in [1.165, 1.54) is 0 Å². The zero-order valence-corrected chi connectivity index (χ0v) is 14.2. The van der Waals surface area contributed by atoms with Crippen molar-refractivity contribution >= 4 is 27.3 Å². The van der Waals surface area contributed by atoms with E-state index in [1.54, 1.807) is 30.0 Å². The lowest BCUT2D eigenvalue weighted by Crippen LogP contribution is -2.27. The van der Waals surface area contributed by atoms with Crippen LogP contribution in [0.1, 0.15) is 18.9 Å². The highest BCUT2D eigenvalue weighted by Crippen LogP contribution is 2.32. The van der Waals surface area contributed by atoms with E-state index < -0.39 is 26.6 Å². The molecule has 1 heterocycles. The van der Waals surface area contributed by atoms with Crippen molar-refractivity contribution in [2.24, 2.45) is 0 Å². The van der Waals surface area contributed by atoms with Crippen LogP contribution in [-0.2, 0) is 21.2 Å². The normalized spacial score (nSPS) is 13.6. The summed E-state index contributed by atoms with van der Waals surface area (Å²) in [6, 6.07) is 6.94. The molecule has 0 atom stereocenters. The average Bonchev–Trinajstić information content (AvgIpc) is 2.96. The van der Waals surface area contributed by atoms with E-state index in [4.69, 9.17) is 0 Å². The van der Waals surface area contributed by atoms with Crippen molar-refractivity contribution in [3.05, 3.63) is 53.6 Å². The lowest BCUT2D eigenvalue weighted by molar-refractivity contribution is -0.118. The van der Waals surface area contributed by atoms with Gasteiger partial charge in [-0.3, -0.25) is 9.52 Å². The third-order valence-corrected chi connectivity index (χ3v) is 5.34. The number of fused-ring (bicyclic) bond motifs is 1. The van der Waals surface area contributed by atoms with E-state index in [1.807, 2.05) is 0 Å². The first-order valence-electron chi connectivity index (χ1n) is 7.72. The molecule has 0 unspecified atom stereocenters. The molecule has 25 heavy (non-hydrogen) atoms. The van der Waals surface area contributed by atoms with Gasteiger partial charge in [0.2, 0.25) is 5.91 Å². The first-order chi connectivity index (χ1) is 11.8. The number of nitrogens with zero attached hydrogens (tertiary/aromatic N) is 1. The Kier molecular flexibility index (Phi) is 4.47. The average molecular weight is 366 g/mol. The Labute approximate surface area is 144 Å². The smallest absolute Gasteiger partial charge is 0.262 e. The molecule has 1 N–H and O–H groups in total. The van der Waals surface area contributed by atoms with E-state index in [-0.39, 0.29) is 11.6 Å². The number of amides is 1. The molecule has 2 aromatic carbocycles. The lowest BCUT2D eigenvalue weighted by Gasteiger charge is -2.17. The topological polar surface area (TPSA) is 66.5 Å². The molecular weight excluding hydrogens is 350 g/mol. The van der Waals surface area contributed by atoms with Crippen molar-refractivity contribution < 1.29 is 22.0 Å². The van der Waals surface area contributed by atoms with Crippen LogP contribution in [0, 0.1) is 11.6 Å². The number of hydrogen-bond acceptors (Lipinski definition) is 3. The molecule has 0 radical (unpaired) electrons. The molecule has 0 fully saturated rings. The summed E-state index contributed by atoms with van der Waals surface area (Å²) in [5, 5.41) is 0. The lowest BCUT2D eigenvalue weighted by atomic mass is 10.1. The third-order valence-electron chi connectivity index (χ3n) is 3.98. The van der Waals surface area contributed by atoms with Gasteiger partial charge in [0.05, 0.1) is 10.6 Å². The van der Waals surface area contributed by atoms with Crippen molar-refractivity contribution in [3.63, 3.8) is 0 Å². The highest BCUT2D eigenvalue weighted by Gasteiger charge is 2.25. The second-order valence-corrected chi connectivity index (χ2v) is 7.39. The molecule has 0 spiro atoms. The maximum atomic E-state index is 13.3. The van der Waals surface area contributed by atoms with Crippen LogP contribution in [0.4, 0.5) is 20.2 Å². The molecule has 0 bridgehead atoms. The quantitative estimate of drug-likeness (QED) is 0.904. The molecule has 1 amide bonds. The van der Waals surface area contributed by atoms with Gasteiger partial charge in [-0.2, -0.15) is 0 Å². The SMILES string of the molecule is CCC(=O)N1CCc2ccc(NS(=O)(=O)c3cc(F)cc(F)c3)cc21. The van der Waals surface area contributed by atoms with Crippen LogP contribution in [0.3, 0.4) is 0 Å². The fourth-order valence-electron chi connectivity index (χ4n) is 2.79. The second-order valence-electron chi connectivity index (χ2n) is 5.70. The van der Waals surface area contributed by atoms with Gasteiger partial charge in [-0.1, -0.05) is 13.0 Å². The molecule has 1 aliphatic rings. The number of carbonyl (C=O) groups excluding carboxylic acids is 1. The van der Waals surface area contributed by atoms with Crippen LogP contribution in [0.5, 0.6) is 0 Å². The fourth-order valence-corrected chi connectivity index (χ4v) is 3.88. The van der Waals surface area contributed by atoms with Crippen LogP contribution in [0.15, 0.2) is 41.3 Å². The Morgan fingerprint density at radius 1 is 1.16 bits per heavy atom. The number of carbonyl (C=O) groups is 1. The van der Waals surface area contributed by atoms with E-state index >= 15 is 0 Å². The van der Waals surface area contributed by atoms with Crippen molar-refractivity contribution in [1.82, 2.24) is 0 Å². The van der Waals surface area contributed by atoms with Gasteiger partial charge >= 0.3 is 0 Å². The zero-order chi connectivity index (χ0) is 18.2. The third kappa shape index (κ3) is 3.48. The van der Waals surface area contributed by atoms with Crippen LogP contribution in [-0.4, -0.2) is 20.9 Å². The molecule has 0 aliphatic carbocycles. The first-order valence-corrected chi connectivity index (χ1v) is 9.20. The number of hydrogen-bond donors (Lipinski definition) is 1. The number of benzene rings is 2. The monoisotopic (exact) mass is 366 g/mol. The summed E-state index contributed by atoms with van der Waals surface area (Å²) in [6.45, 7) is 2.30. The maximum Gasteiger partial charge on any atom is 0.262 e. The van der Waals surface area contributed by atoms with Crippen LogP contribution in [0.2, 0.25) is 0 Å². The fraction of sp³-hybridized carbons (Fsp3) is 0.235. The van der Waals surface area contributed by atoms with Gasteiger partial charge in [0.15, 0.2) is 0 Å². The number of halogens is 2. The number of anilines is 2. The molecular formula is C17H16F2N2O3S. The first kappa shape index (κ1) is 17.3. The number of sulfonamides is 1. The van der Waals surface area contributed by atoms with Crippen LogP contribution < -0.4 is 9.62 Å². The van der Waals surface area contributed by atoms with Crippen LogP contribution >= 0.6 is 0 Å². The van der Waals surface area contributed by atoms with Crippen LogP contribution in [0.25, 0.3) is 0 Å². The van der Waals surface area contributed by atoms with Gasteiger partial charge in [0.1, 0.15) is 11.6 Å². The molecule has 5 nitrogen and oxygen atoms in total. The standard InChI is InChI=1S/C17H16F2N2O3S/c1-2-17(22)21-6-5-11-3-4-14(10-16(11)21)20-25(23,24)15-8-12(18)7-13(19)9-15/h3-4,7-10,20H,2,5-6H2,1H3. The van der Waals surface area contributed by atoms with E-state index in [2.05, 4.69) is 4.72 Å². The van der Waals surface area contributed by atoms with Crippen molar-refractivity contribution in [1.29, 1.82) is 0 Å². The van der Waals surface area contributed by atoms with E-state index in [0.29, 0.717) is 31.1 Å². The maximum absolute atomic E-state index is 13.3. The summed E-state index contributed by atoms with van der Waals surface area (Å²) >= 11 is 0. The second kappa shape index (κ2) is 6.44. The van der Waals surface area contributed by atoms with E-state index in [0.717, 1.165) is 17.7 Å². The molecule has 132 valence electrons. The Hall–Kier alpha value is -2.48. The van der Waals surface area contributed by atoms with Crippen molar-refractivity contribution in [2.75, 3.05) is 16.2 Å². The molecule has 3 rings (SSSR count). The van der Waals surface area contributed by atoms with E-state index in [9.17, 15) is 22.0 Å². The minimum atomic E-state index is -4.15. The molecule has 0 aromatic heterocycles. The molecule has 2 aromatic rings. The summed E-state index contributed by atoms with van der Waals surface area (Å²) in [5.41, 5.74) is 1.82. The Balaban J connectivity index is 1.92. The summed E-state index contributed by atoms with van der Waals surface area (Å²) in [4.78, 5) is 13.1. The predicted molar refractivity (Wildman–Crippen MR) is 90.0 cm³/mol. The zero-order valence-electron chi connectivity index (χ0n) is 13.4. The number of rotatable bonds is 4. The Morgan fingerprint density at radius 3 is 2.48 bits per heavy atom. The van der Waals surface area contributed by atoms with Gasteiger partial charge in [-0.05, 0) is 36.2 Å². The summed E-state index contributed by atoms with van der Waals surface area (Å²) < 4.78 is 53.6. The Bertz CT molecular complexity index is 925. The predicted octanol–water partition coefficient (Wildman–Crippen LogP) is 3.06. The van der Waals surface area contributed by atoms with Gasteiger partial charge in [-0.15, -0.1) is 0 Å². The Morgan fingerprint density at radius 2 is 1.84 bits per heavy atom. The largest absolute Gasteiger partial charge is 0.312 e. The summed E-state index contributed by atoms with van der Waals surface area (Å²) in [5.74, 6) is -2.01. The molecule has 0 saturated carbocycles. The van der Waals surface area contributed by atoms with Gasteiger partial charge < -0.3 is 4.90 Å². The van der Waals surface area contributed by atoms with Crippen molar-refractivity contribution in [3.8, 4) is 0 Å². The highest BCUT2D eigenvalue weighted by molar-refractivity contribution is 7.92. The molecule has 0 saturated heterocycles. The summed E-state index contributed by atoms with van der Waals surface area (Å²) in [7, 11) is -4.15.